The Bertz CT molecular complexity index is 1710. The van der Waals surface area contributed by atoms with Crippen LogP contribution in [0.5, 0.6) is 0 Å². The number of aryl methyl sites for hydroxylation is 1. The second-order valence-electron chi connectivity index (χ2n) is 12.1. The zero-order chi connectivity index (χ0) is 30.1. The summed E-state index contributed by atoms with van der Waals surface area (Å²) in [5.41, 5.74) is 2.46. The second-order valence-corrected chi connectivity index (χ2v) is 12.1. The third-order valence-corrected chi connectivity index (χ3v) is 9.13. The number of carbonyl (C=O) groups is 2. The number of aromatic nitrogens is 2. The quantitative estimate of drug-likeness (QED) is 0.318. The van der Waals surface area contributed by atoms with E-state index in [1.165, 1.54) is 6.07 Å². The largest absolute Gasteiger partial charge is 0.458 e. The summed E-state index contributed by atoms with van der Waals surface area (Å²) in [6.07, 6.45) is 1.34. The first-order chi connectivity index (χ1) is 20.0. The van der Waals surface area contributed by atoms with Crippen LogP contribution < -0.4 is 10.9 Å². The van der Waals surface area contributed by atoms with E-state index < -0.39 is 23.7 Å². The first kappa shape index (κ1) is 28.5. The molecule has 1 aromatic carbocycles. The van der Waals surface area contributed by atoms with Crippen molar-refractivity contribution in [2.45, 2.75) is 91.2 Å². The number of esters is 1. The summed E-state index contributed by atoms with van der Waals surface area (Å²) in [5.74, 6) is -0.942. The van der Waals surface area contributed by atoms with E-state index in [1.807, 2.05) is 0 Å². The van der Waals surface area contributed by atoms with Gasteiger partial charge in [-0.2, -0.15) is 0 Å². The Hall–Kier alpha value is -3.63. The minimum Gasteiger partial charge on any atom is -0.458 e. The van der Waals surface area contributed by atoms with Crippen molar-refractivity contribution in [1.82, 2.24) is 14.9 Å². The van der Waals surface area contributed by atoms with Gasteiger partial charge in [-0.1, -0.05) is 20.8 Å². The molecule has 1 aliphatic carbocycles. The zero-order valence-corrected chi connectivity index (χ0v) is 24.6. The SMILES string of the molecule is CC[C@@]1(O)C(=O)OCc2c1cc1n(c2=O)Cc2c-1nc1cc(F)c(C)c3c1c2[C@@H](NC(=O)C(C)OCCC(C)C)CC3. The molecule has 0 saturated carbocycles. The van der Waals surface area contributed by atoms with E-state index in [9.17, 15) is 19.5 Å². The number of amides is 1. The van der Waals surface area contributed by atoms with E-state index in [1.54, 1.807) is 31.4 Å². The Balaban J connectivity index is 1.49. The topological polar surface area (TPSA) is 120 Å². The number of benzene rings is 1. The Morgan fingerprint density at radius 1 is 1.26 bits per heavy atom. The first-order valence-electron chi connectivity index (χ1n) is 14.7. The average Bonchev–Trinajstić information content (AvgIpc) is 3.32. The molecular weight excluding hydrogens is 541 g/mol. The van der Waals surface area contributed by atoms with Gasteiger partial charge in [0.05, 0.1) is 35.1 Å². The number of ether oxygens (including phenoxy) is 2. The highest BCUT2D eigenvalue weighted by atomic mass is 19.1. The Kier molecular flexibility index (Phi) is 6.97. The third-order valence-electron chi connectivity index (χ3n) is 9.13. The lowest BCUT2D eigenvalue weighted by molar-refractivity contribution is -0.172. The van der Waals surface area contributed by atoms with Crippen LogP contribution in [-0.2, 0) is 44.2 Å². The lowest BCUT2D eigenvalue weighted by Gasteiger charge is -2.31. The van der Waals surface area contributed by atoms with Crippen molar-refractivity contribution in [3.63, 3.8) is 0 Å². The van der Waals surface area contributed by atoms with Crippen LogP contribution in [-0.4, -0.2) is 39.2 Å². The van der Waals surface area contributed by atoms with E-state index in [0.717, 1.165) is 28.5 Å². The van der Waals surface area contributed by atoms with Crippen molar-refractivity contribution in [2.75, 3.05) is 6.61 Å². The summed E-state index contributed by atoms with van der Waals surface area (Å²) in [6.45, 7) is 9.77. The predicted molar refractivity (Wildman–Crippen MR) is 153 cm³/mol. The molecule has 2 aromatic heterocycles. The third kappa shape index (κ3) is 4.26. The molecule has 222 valence electrons. The van der Waals surface area contributed by atoms with Gasteiger partial charge < -0.3 is 24.5 Å². The predicted octanol–water partition coefficient (Wildman–Crippen LogP) is 4.08. The van der Waals surface area contributed by atoms with Gasteiger partial charge in [0.25, 0.3) is 5.56 Å². The maximum Gasteiger partial charge on any atom is 0.343 e. The zero-order valence-electron chi connectivity index (χ0n) is 24.6. The number of nitrogens with zero attached hydrogens (tertiary/aromatic N) is 2. The van der Waals surface area contributed by atoms with Crippen LogP contribution in [0.3, 0.4) is 0 Å². The van der Waals surface area contributed by atoms with Crippen LogP contribution >= 0.6 is 0 Å². The maximum atomic E-state index is 15.1. The fraction of sp³-hybridized carbons (Fsp3) is 0.500. The van der Waals surface area contributed by atoms with E-state index >= 15 is 4.39 Å². The van der Waals surface area contributed by atoms with Crippen LogP contribution in [0.4, 0.5) is 4.39 Å². The molecule has 42 heavy (non-hydrogen) atoms. The average molecular weight is 578 g/mol. The molecule has 3 aliphatic rings. The van der Waals surface area contributed by atoms with Gasteiger partial charge in [-0.15, -0.1) is 0 Å². The number of hydrogen-bond donors (Lipinski definition) is 2. The van der Waals surface area contributed by atoms with Crippen LogP contribution in [0.2, 0.25) is 0 Å². The lowest BCUT2D eigenvalue weighted by Crippen LogP contribution is -2.44. The minimum atomic E-state index is -1.95. The number of rotatable bonds is 7. The Labute approximate surface area is 243 Å². The van der Waals surface area contributed by atoms with Gasteiger partial charge >= 0.3 is 5.97 Å². The van der Waals surface area contributed by atoms with Crippen molar-refractivity contribution < 1.29 is 28.6 Å². The van der Waals surface area contributed by atoms with Gasteiger partial charge in [0.15, 0.2) is 5.60 Å². The van der Waals surface area contributed by atoms with Crippen LogP contribution in [0.25, 0.3) is 22.3 Å². The summed E-state index contributed by atoms with van der Waals surface area (Å²) in [5, 5.41) is 15.2. The molecule has 6 rings (SSSR count). The molecular formula is C32H36FN3O6. The molecule has 2 N–H and O–H groups in total. The highest BCUT2D eigenvalue weighted by Gasteiger charge is 2.46. The maximum absolute atomic E-state index is 15.1. The summed E-state index contributed by atoms with van der Waals surface area (Å²) in [6, 6.07) is 2.64. The van der Waals surface area contributed by atoms with Gasteiger partial charge in [0.1, 0.15) is 18.5 Å². The molecule has 3 aromatic rings. The number of carbonyl (C=O) groups excluding carboxylic acids is 2. The number of nitrogens with one attached hydrogen (secondary N) is 1. The first-order valence-corrected chi connectivity index (χ1v) is 14.7. The van der Waals surface area contributed by atoms with Gasteiger partial charge in [0.2, 0.25) is 5.91 Å². The summed E-state index contributed by atoms with van der Waals surface area (Å²) < 4.78 is 27.7. The molecule has 10 heteroatoms. The van der Waals surface area contributed by atoms with Gasteiger partial charge in [-0.3, -0.25) is 9.59 Å². The smallest absolute Gasteiger partial charge is 0.343 e. The van der Waals surface area contributed by atoms with E-state index in [0.29, 0.717) is 47.8 Å². The minimum absolute atomic E-state index is 0.0321. The van der Waals surface area contributed by atoms with Crippen molar-refractivity contribution in [2.24, 2.45) is 5.92 Å². The fourth-order valence-corrected chi connectivity index (χ4v) is 6.54. The fourth-order valence-electron chi connectivity index (χ4n) is 6.54. The van der Waals surface area contributed by atoms with Crippen LogP contribution in [0.15, 0.2) is 16.9 Å². The number of aliphatic hydroxyl groups is 1. The number of halogens is 1. The molecule has 2 aliphatic heterocycles. The van der Waals surface area contributed by atoms with Gasteiger partial charge in [-0.25, -0.2) is 14.2 Å². The van der Waals surface area contributed by atoms with Crippen molar-refractivity contribution >= 4 is 22.8 Å². The van der Waals surface area contributed by atoms with E-state index in [-0.39, 0.29) is 48.0 Å². The van der Waals surface area contributed by atoms with Crippen molar-refractivity contribution in [3.05, 3.63) is 61.7 Å². The molecule has 3 atom stereocenters. The van der Waals surface area contributed by atoms with Gasteiger partial charge in [0, 0.05) is 29.2 Å². The highest BCUT2D eigenvalue weighted by Crippen LogP contribution is 2.46. The van der Waals surface area contributed by atoms with Crippen LogP contribution in [0, 0.1) is 18.7 Å². The van der Waals surface area contributed by atoms with Crippen molar-refractivity contribution in [1.29, 1.82) is 0 Å². The van der Waals surface area contributed by atoms with Crippen LogP contribution in [0.1, 0.15) is 86.4 Å². The molecule has 0 spiro atoms. The molecule has 0 saturated heterocycles. The summed E-state index contributed by atoms with van der Waals surface area (Å²) >= 11 is 0. The lowest BCUT2D eigenvalue weighted by atomic mass is 9.81. The van der Waals surface area contributed by atoms with E-state index in [4.69, 9.17) is 14.5 Å². The Morgan fingerprint density at radius 3 is 2.74 bits per heavy atom. The molecule has 0 bridgehead atoms. The highest BCUT2D eigenvalue weighted by molar-refractivity contribution is 5.94. The standard InChI is InChI=1S/C32H36FN3O6/c1-6-32(40)21-11-25-28-19(13-36(25)30(38)20(21)14-42-31(32)39)27-23(35-29(37)17(5)41-10-9-15(2)3)8-7-18-16(4)22(33)12-24(34-28)26(18)27/h11-12,15,17,23,40H,6-10,13-14H2,1-5H3,(H,35,37)/t17?,23-,32-/m0/s1. The van der Waals surface area contributed by atoms with E-state index in [2.05, 4.69) is 19.2 Å². The molecule has 4 heterocycles. The number of pyridine rings is 2. The number of cyclic esters (lactones) is 1. The number of hydrogen-bond acceptors (Lipinski definition) is 7. The molecule has 0 fully saturated rings. The molecule has 1 unspecified atom stereocenters. The molecule has 0 radical (unpaired) electrons. The molecule has 9 nitrogen and oxygen atoms in total. The summed E-state index contributed by atoms with van der Waals surface area (Å²) in [4.78, 5) is 44.5. The molecule has 1 amide bonds. The van der Waals surface area contributed by atoms with Gasteiger partial charge in [-0.05, 0) is 68.2 Å². The summed E-state index contributed by atoms with van der Waals surface area (Å²) in [7, 11) is 0. The Morgan fingerprint density at radius 2 is 2.02 bits per heavy atom. The normalized spacial score (nSPS) is 21.1. The number of fused-ring (bicyclic) bond motifs is 5. The van der Waals surface area contributed by atoms with Crippen molar-refractivity contribution in [3.8, 4) is 11.4 Å². The second kappa shape index (κ2) is 10.3. The monoisotopic (exact) mass is 577 g/mol.